The van der Waals surface area contributed by atoms with E-state index in [9.17, 15) is 4.79 Å². The third-order valence-electron chi connectivity index (χ3n) is 2.88. The zero-order chi connectivity index (χ0) is 11.5. The molecule has 0 atom stereocenters. The number of likely N-dealkylation sites (tertiary alicyclic amines) is 1. The Hall–Kier alpha value is -1.71. The van der Waals surface area contributed by atoms with Gasteiger partial charge in [-0.25, -0.2) is 0 Å². The van der Waals surface area contributed by atoms with Crippen LogP contribution in [0.3, 0.4) is 0 Å². The average Bonchev–Trinajstić information content (AvgIpc) is 2.82. The summed E-state index contributed by atoms with van der Waals surface area (Å²) < 4.78 is 5.10. The first-order valence-corrected chi connectivity index (χ1v) is 5.45. The van der Waals surface area contributed by atoms with Crippen molar-refractivity contribution in [3.63, 3.8) is 0 Å². The van der Waals surface area contributed by atoms with E-state index in [1.807, 2.05) is 4.90 Å². The minimum Gasteiger partial charge on any atom is -0.497 e. The first-order valence-electron chi connectivity index (χ1n) is 5.45. The number of anilines is 1. The van der Waals surface area contributed by atoms with Crippen LogP contribution in [0.5, 0.6) is 5.75 Å². The number of rotatable bonds is 2. The van der Waals surface area contributed by atoms with Gasteiger partial charge in [0.25, 0.3) is 5.91 Å². The van der Waals surface area contributed by atoms with Crippen molar-refractivity contribution in [3.8, 4) is 5.75 Å². The van der Waals surface area contributed by atoms with Crippen molar-refractivity contribution in [3.05, 3.63) is 23.8 Å². The standard InChI is InChI=1S/C12H16N2O2/c1-16-9-4-5-11(13)10(8-9)12(15)14-6-2-3-7-14/h4-5,8H,2-3,6-7,13H2,1H3. The SMILES string of the molecule is COc1ccc(N)c(C(=O)N2CCCC2)c1. The van der Waals surface area contributed by atoms with Crippen molar-refractivity contribution >= 4 is 11.6 Å². The molecule has 4 nitrogen and oxygen atoms in total. The summed E-state index contributed by atoms with van der Waals surface area (Å²) in [5.41, 5.74) is 6.86. The van der Waals surface area contributed by atoms with Crippen LogP contribution in [0.15, 0.2) is 18.2 Å². The molecule has 0 unspecified atom stereocenters. The lowest BCUT2D eigenvalue weighted by Crippen LogP contribution is -2.28. The molecule has 0 bridgehead atoms. The van der Waals surface area contributed by atoms with Crippen LogP contribution in [0.25, 0.3) is 0 Å². The summed E-state index contributed by atoms with van der Waals surface area (Å²) in [5, 5.41) is 0. The quantitative estimate of drug-likeness (QED) is 0.769. The number of nitrogens with two attached hydrogens (primary N) is 1. The number of benzene rings is 1. The third kappa shape index (κ3) is 1.96. The van der Waals surface area contributed by atoms with Crippen molar-refractivity contribution in [1.82, 2.24) is 4.90 Å². The summed E-state index contributed by atoms with van der Waals surface area (Å²) in [7, 11) is 1.58. The summed E-state index contributed by atoms with van der Waals surface area (Å²) in [6, 6.07) is 5.17. The van der Waals surface area contributed by atoms with E-state index >= 15 is 0 Å². The van der Waals surface area contributed by atoms with Crippen LogP contribution >= 0.6 is 0 Å². The van der Waals surface area contributed by atoms with Gasteiger partial charge in [0, 0.05) is 18.8 Å². The first-order chi connectivity index (χ1) is 7.72. The first kappa shape index (κ1) is 10.8. The predicted octanol–water partition coefficient (Wildman–Crippen LogP) is 1.51. The number of amides is 1. The smallest absolute Gasteiger partial charge is 0.256 e. The van der Waals surface area contributed by atoms with Gasteiger partial charge in [-0.05, 0) is 31.0 Å². The predicted molar refractivity (Wildman–Crippen MR) is 62.5 cm³/mol. The number of ether oxygens (including phenoxy) is 1. The lowest BCUT2D eigenvalue weighted by atomic mass is 10.1. The Kier molecular flexibility index (Phi) is 2.99. The maximum Gasteiger partial charge on any atom is 0.256 e. The van der Waals surface area contributed by atoms with Gasteiger partial charge in [0.1, 0.15) is 5.75 Å². The van der Waals surface area contributed by atoms with E-state index in [0.29, 0.717) is 17.0 Å². The van der Waals surface area contributed by atoms with E-state index in [1.54, 1.807) is 25.3 Å². The second kappa shape index (κ2) is 4.43. The molecule has 0 radical (unpaired) electrons. The van der Waals surface area contributed by atoms with Crippen LogP contribution in [-0.2, 0) is 0 Å². The van der Waals surface area contributed by atoms with Gasteiger partial charge in [-0.3, -0.25) is 4.79 Å². The molecule has 2 rings (SSSR count). The van der Waals surface area contributed by atoms with Crippen molar-refractivity contribution in [2.45, 2.75) is 12.8 Å². The third-order valence-corrected chi connectivity index (χ3v) is 2.88. The largest absolute Gasteiger partial charge is 0.497 e. The Morgan fingerprint density at radius 1 is 1.38 bits per heavy atom. The molecule has 1 fully saturated rings. The Labute approximate surface area is 95.0 Å². The minimum absolute atomic E-state index is 0.00824. The van der Waals surface area contributed by atoms with E-state index in [-0.39, 0.29) is 5.91 Å². The Bertz CT molecular complexity index is 398. The molecule has 1 aliphatic heterocycles. The van der Waals surface area contributed by atoms with Gasteiger partial charge in [0.2, 0.25) is 0 Å². The molecule has 1 saturated heterocycles. The van der Waals surface area contributed by atoms with Crippen molar-refractivity contribution in [2.24, 2.45) is 0 Å². The van der Waals surface area contributed by atoms with Gasteiger partial charge < -0.3 is 15.4 Å². The van der Waals surface area contributed by atoms with Crippen LogP contribution in [0.2, 0.25) is 0 Å². The zero-order valence-corrected chi connectivity index (χ0v) is 9.40. The Morgan fingerprint density at radius 2 is 2.06 bits per heavy atom. The molecular formula is C12H16N2O2. The molecular weight excluding hydrogens is 204 g/mol. The number of carbonyl (C=O) groups excluding carboxylic acids is 1. The highest BCUT2D eigenvalue weighted by atomic mass is 16.5. The van der Waals surface area contributed by atoms with Crippen molar-refractivity contribution in [2.75, 3.05) is 25.9 Å². The summed E-state index contributed by atoms with van der Waals surface area (Å²) in [6.45, 7) is 1.66. The molecule has 86 valence electrons. The van der Waals surface area contributed by atoms with E-state index < -0.39 is 0 Å². The Balaban J connectivity index is 2.27. The number of carbonyl (C=O) groups is 1. The maximum absolute atomic E-state index is 12.1. The van der Waals surface area contributed by atoms with E-state index in [0.717, 1.165) is 25.9 Å². The molecule has 16 heavy (non-hydrogen) atoms. The molecule has 1 amide bonds. The van der Waals surface area contributed by atoms with Crippen LogP contribution < -0.4 is 10.5 Å². The highest BCUT2D eigenvalue weighted by molar-refractivity contribution is 5.99. The maximum atomic E-state index is 12.1. The highest BCUT2D eigenvalue weighted by Crippen LogP contribution is 2.22. The zero-order valence-electron chi connectivity index (χ0n) is 9.40. The van der Waals surface area contributed by atoms with Gasteiger partial charge in [-0.1, -0.05) is 0 Å². The lowest BCUT2D eigenvalue weighted by molar-refractivity contribution is 0.0793. The fourth-order valence-electron chi connectivity index (χ4n) is 1.94. The van der Waals surface area contributed by atoms with Crippen LogP contribution in [0.1, 0.15) is 23.2 Å². The topological polar surface area (TPSA) is 55.6 Å². The van der Waals surface area contributed by atoms with Crippen molar-refractivity contribution < 1.29 is 9.53 Å². The highest BCUT2D eigenvalue weighted by Gasteiger charge is 2.21. The molecule has 1 aliphatic rings. The van der Waals surface area contributed by atoms with Gasteiger partial charge in [0.15, 0.2) is 0 Å². The summed E-state index contributed by atoms with van der Waals surface area (Å²) in [6.07, 6.45) is 2.16. The summed E-state index contributed by atoms with van der Waals surface area (Å²) >= 11 is 0. The molecule has 0 spiro atoms. The van der Waals surface area contributed by atoms with Gasteiger partial charge >= 0.3 is 0 Å². The number of nitrogens with zero attached hydrogens (tertiary/aromatic N) is 1. The van der Waals surface area contributed by atoms with Crippen LogP contribution in [-0.4, -0.2) is 31.0 Å². The fraction of sp³-hybridized carbons (Fsp3) is 0.417. The second-order valence-electron chi connectivity index (χ2n) is 3.95. The summed E-state index contributed by atoms with van der Waals surface area (Å²) in [4.78, 5) is 14.0. The molecule has 1 aromatic carbocycles. The normalized spacial score (nSPS) is 15.2. The molecule has 2 N–H and O–H groups in total. The number of hydrogen-bond acceptors (Lipinski definition) is 3. The molecule has 1 heterocycles. The lowest BCUT2D eigenvalue weighted by Gasteiger charge is -2.16. The molecule has 1 aromatic rings. The minimum atomic E-state index is 0.00824. The monoisotopic (exact) mass is 220 g/mol. The van der Waals surface area contributed by atoms with Crippen molar-refractivity contribution in [1.29, 1.82) is 0 Å². The van der Waals surface area contributed by atoms with E-state index in [2.05, 4.69) is 0 Å². The van der Waals surface area contributed by atoms with Crippen LogP contribution in [0.4, 0.5) is 5.69 Å². The van der Waals surface area contributed by atoms with Crippen LogP contribution in [0, 0.1) is 0 Å². The van der Waals surface area contributed by atoms with Gasteiger partial charge in [0.05, 0.1) is 12.7 Å². The molecule has 0 aliphatic carbocycles. The second-order valence-corrected chi connectivity index (χ2v) is 3.95. The average molecular weight is 220 g/mol. The van der Waals surface area contributed by atoms with E-state index in [4.69, 9.17) is 10.5 Å². The number of hydrogen-bond donors (Lipinski definition) is 1. The van der Waals surface area contributed by atoms with E-state index in [1.165, 1.54) is 0 Å². The fourth-order valence-corrected chi connectivity index (χ4v) is 1.94. The Morgan fingerprint density at radius 3 is 2.69 bits per heavy atom. The number of methoxy groups -OCH3 is 1. The van der Waals surface area contributed by atoms with Gasteiger partial charge in [-0.2, -0.15) is 0 Å². The molecule has 4 heteroatoms. The summed E-state index contributed by atoms with van der Waals surface area (Å²) in [5.74, 6) is 0.672. The number of nitrogen functional groups attached to an aromatic ring is 1. The molecule has 0 saturated carbocycles. The molecule has 0 aromatic heterocycles. The van der Waals surface area contributed by atoms with Gasteiger partial charge in [-0.15, -0.1) is 0 Å².